The minimum Gasteiger partial charge on any atom is -0.444 e. The van der Waals surface area contributed by atoms with Crippen molar-refractivity contribution < 1.29 is 19.1 Å². The van der Waals surface area contributed by atoms with Gasteiger partial charge in [0.1, 0.15) is 11.9 Å². The number of carbonyl (C=O) groups is 2. The van der Waals surface area contributed by atoms with Crippen LogP contribution in [-0.2, 0) is 20.9 Å². The molecule has 0 aliphatic carbocycles. The Hall–Kier alpha value is -1.88. The van der Waals surface area contributed by atoms with E-state index >= 15 is 0 Å². The second-order valence-electron chi connectivity index (χ2n) is 5.75. The molecule has 1 amide bonds. The number of ether oxygens (including phenoxy) is 2. The molecular formula is C16H23NO4. The molecule has 5 heteroatoms. The fourth-order valence-electron chi connectivity index (χ4n) is 1.65. The van der Waals surface area contributed by atoms with Crippen LogP contribution in [0.4, 0.5) is 4.79 Å². The van der Waals surface area contributed by atoms with Crippen molar-refractivity contribution in [1.82, 2.24) is 5.32 Å². The van der Waals surface area contributed by atoms with E-state index in [1.54, 1.807) is 20.8 Å². The molecule has 21 heavy (non-hydrogen) atoms. The van der Waals surface area contributed by atoms with E-state index in [0.717, 1.165) is 11.8 Å². The summed E-state index contributed by atoms with van der Waals surface area (Å²) in [4.78, 5) is 22.3. The zero-order chi connectivity index (χ0) is 15.7. The average molecular weight is 293 g/mol. The standard InChI is InChI=1S/C16H23NO4/c1-16(2,3)21-15(19)17-14(9-10-18)12-20-11-13-7-5-4-6-8-13/h4-8,10,14H,9,11-12H2,1-3H3,(H,17,19). The van der Waals surface area contributed by atoms with E-state index in [4.69, 9.17) is 9.47 Å². The second kappa shape index (κ2) is 8.42. The summed E-state index contributed by atoms with van der Waals surface area (Å²) in [6.45, 7) is 6.05. The van der Waals surface area contributed by atoms with Crippen LogP contribution in [0.2, 0.25) is 0 Å². The molecule has 1 atom stereocenters. The predicted octanol–water partition coefficient (Wildman–Crippen LogP) is 2.69. The highest BCUT2D eigenvalue weighted by atomic mass is 16.6. The molecule has 0 radical (unpaired) electrons. The summed E-state index contributed by atoms with van der Waals surface area (Å²) >= 11 is 0. The molecule has 0 aliphatic rings. The Labute approximate surface area is 125 Å². The summed E-state index contributed by atoms with van der Waals surface area (Å²) in [6.07, 6.45) is 0.403. The van der Waals surface area contributed by atoms with Gasteiger partial charge in [-0.3, -0.25) is 0 Å². The number of rotatable bonds is 7. The lowest BCUT2D eigenvalue weighted by atomic mass is 10.2. The number of hydrogen-bond acceptors (Lipinski definition) is 4. The van der Waals surface area contributed by atoms with Crippen molar-refractivity contribution in [1.29, 1.82) is 0 Å². The van der Waals surface area contributed by atoms with Crippen LogP contribution >= 0.6 is 0 Å². The molecule has 0 aromatic heterocycles. The summed E-state index contributed by atoms with van der Waals surface area (Å²) in [5, 5.41) is 2.64. The van der Waals surface area contributed by atoms with Crippen molar-refractivity contribution in [3.05, 3.63) is 35.9 Å². The summed E-state index contributed by atoms with van der Waals surface area (Å²) in [6, 6.07) is 9.32. The van der Waals surface area contributed by atoms with Crippen molar-refractivity contribution in [3.8, 4) is 0 Å². The maximum atomic E-state index is 11.7. The topological polar surface area (TPSA) is 64.6 Å². The van der Waals surface area contributed by atoms with E-state index in [0.29, 0.717) is 6.61 Å². The fourth-order valence-corrected chi connectivity index (χ4v) is 1.65. The first kappa shape index (κ1) is 17.2. The lowest BCUT2D eigenvalue weighted by Crippen LogP contribution is -2.41. The first-order valence-corrected chi connectivity index (χ1v) is 6.95. The molecule has 0 saturated carbocycles. The maximum absolute atomic E-state index is 11.7. The molecule has 1 N–H and O–H groups in total. The van der Waals surface area contributed by atoms with Crippen LogP contribution < -0.4 is 5.32 Å². The van der Waals surface area contributed by atoms with E-state index < -0.39 is 11.7 Å². The SMILES string of the molecule is CC(C)(C)OC(=O)NC(CC=O)COCc1ccccc1. The molecule has 0 spiro atoms. The van der Waals surface area contributed by atoms with E-state index in [1.807, 2.05) is 30.3 Å². The number of amides is 1. The van der Waals surface area contributed by atoms with Crippen molar-refractivity contribution >= 4 is 12.4 Å². The van der Waals surface area contributed by atoms with Crippen LogP contribution in [0, 0.1) is 0 Å². The molecule has 0 fully saturated rings. The minimum atomic E-state index is -0.569. The summed E-state index contributed by atoms with van der Waals surface area (Å²) in [5.74, 6) is 0. The minimum absolute atomic E-state index is 0.189. The summed E-state index contributed by atoms with van der Waals surface area (Å²) < 4.78 is 10.7. The quantitative estimate of drug-likeness (QED) is 0.785. The maximum Gasteiger partial charge on any atom is 0.407 e. The van der Waals surface area contributed by atoms with Gasteiger partial charge in [0.15, 0.2) is 0 Å². The number of aldehydes is 1. The Kier molecular flexibility index (Phi) is 6.88. The number of nitrogens with one attached hydrogen (secondary N) is 1. The van der Waals surface area contributed by atoms with Gasteiger partial charge >= 0.3 is 6.09 Å². The largest absolute Gasteiger partial charge is 0.444 e. The van der Waals surface area contributed by atoms with Gasteiger partial charge in [0, 0.05) is 6.42 Å². The molecule has 116 valence electrons. The van der Waals surface area contributed by atoms with Crippen LogP contribution in [0.3, 0.4) is 0 Å². The van der Waals surface area contributed by atoms with Gasteiger partial charge in [0.05, 0.1) is 19.3 Å². The molecule has 0 heterocycles. The summed E-state index contributed by atoms with van der Waals surface area (Å²) in [7, 11) is 0. The molecule has 1 unspecified atom stereocenters. The van der Waals surface area contributed by atoms with Crippen LogP contribution in [0.15, 0.2) is 30.3 Å². The third-order valence-electron chi connectivity index (χ3n) is 2.53. The van der Waals surface area contributed by atoms with Gasteiger partial charge in [-0.05, 0) is 26.3 Å². The fraction of sp³-hybridized carbons (Fsp3) is 0.500. The van der Waals surface area contributed by atoms with Gasteiger partial charge in [-0.25, -0.2) is 4.79 Å². The molecule has 0 saturated heterocycles. The first-order chi connectivity index (χ1) is 9.90. The highest BCUT2D eigenvalue weighted by Crippen LogP contribution is 2.07. The summed E-state index contributed by atoms with van der Waals surface area (Å²) in [5.41, 5.74) is 0.473. The Morgan fingerprint density at radius 1 is 1.29 bits per heavy atom. The van der Waals surface area contributed by atoms with Gasteiger partial charge in [0.2, 0.25) is 0 Å². The highest BCUT2D eigenvalue weighted by Gasteiger charge is 2.19. The van der Waals surface area contributed by atoms with Gasteiger partial charge in [-0.2, -0.15) is 0 Å². The molecular weight excluding hydrogens is 270 g/mol. The van der Waals surface area contributed by atoms with E-state index in [1.165, 1.54) is 0 Å². The van der Waals surface area contributed by atoms with Crippen LogP contribution in [0.25, 0.3) is 0 Å². The van der Waals surface area contributed by atoms with Crippen LogP contribution in [0.5, 0.6) is 0 Å². The third-order valence-corrected chi connectivity index (χ3v) is 2.53. The number of hydrogen-bond donors (Lipinski definition) is 1. The normalized spacial score (nSPS) is 12.5. The average Bonchev–Trinajstić information content (AvgIpc) is 2.38. The van der Waals surface area contributed by atoms with Gasteiger partial charge in [-0.15, -0.1) is 0 Å². The predicted molar refractivity (Wildman–Crippen MR) is 79.9 cm³/mol. The van der Waals surface area contributed by atoms with Gasteiger partial charge in [-0.1, -0.05) is 30.3 Å². The Morgan fingerprint density at radius 2 is 1.95 bits per heavy atom. The molecule has 0 aliphatic heterocycles. The van der Waals surface area contributed by atoms with Crippen molar-refractivity contribution in [2.75, 3.05) is 6.61 Å². The second-order valence-corrected chi connectivity index (χ2v) is 5.75. The van der Waals surface area contributed by atoms with Crippen molar-refractivity contribution in [3.63, 3.8) is 0 Å². The lowest BCUT2D eigenvalue weighted by Gasteiger charge is -2.22. The lowest BCUT2D eigenvalue weighted by molar-refractivity contribution is -0.108. The number of carbonyl (C=O) groups excluding carboxylic acids is 2. The number of alkyl carbamates (subject to hydrolysis) is 1. The van der Waals surface area contributed by atoms with Crippen LogP contribution in [-0.4, -0.2) is 30.6 Å². The van der Waals surface area contributed by atoms with Gasteiger partial charge in [0.25, 0.3) is 0 Å². The number of benzene rings is 1. The van der Waals surface area contributed by atoms with Crippen LogP contribution in [0.1, 0.15) is 32.8 Å². The smallest absolute Gasteiger partial charge is 0.407 e. The molecule has 1 rings (SSSR count). The Balaban J connectivity index is 2.39. The van der Waals surface area contributed by atoms with Crippen molar-refractivity contribution in [2.45, 2.75) is 45.4 Å². The molecule has 1 aromatic rings. The monoisotopic (exact) mass is 293 g/mol. The third kappa shape index (κ3) is 8.09. The van der Waals surface area contributed by atoms with E-state index in [2.05, 4.69) is 5.32 Å². The first-order valence-electron chi connectivity index (χ1n) is 6.95. The Bertz CT molecular complexity index is 439. The van der Waals surface area contributed by atoms with Crippen molar-refractivity contribution in [2.24, 2.45) is 0 Å². The van der Waals surface area contributed by atoms with E-state index in [9.17, 15) is 9.59 Å². The zero-order valence-electron chi connectivity index (χ0n) is 12.8. The molecule has 0 bridgehead atoms. The molecule has 5 nitrogen and oxygen atoms in total. The van der Waals surface area contributed by atoms with Gasteiger partial charge < -0.3 is 19.6 Å². The Morgan fingerprint density at radius 3 is 2.52 bits per heavy atom. The van der Waals surface area contributed by atoms with E-state index in [-0.39, 0.29) is 19.1 Å². The molecule has 1 aromatic carbocycles. The zero-order valence-corrected chi connectivity index (χ0v) is 12.8. The highest BCUT2D eigenvalue weighted by molar-refractivity contribution is 5.68.